The molecule has 124 valence electrons. The molecule has 1 aliphatic rings. The Balaban J connectivity index is 1.56. The molecule has 3 heterocycles. The molecule has 23 heavy (non-hydrogen) atoms. The van der Waals surface area contributed by atoms with Gasteiger partial charge in [0.25, 0.3) is 5.91 Å². The van der Waals surface area contributed by atoms with Gasteiger partial charge < -0.3 is 10.6 Å². The lowest BCUT2D eigenvalue weighted by Crippen LogP contribution is -2.35. The zero-order valence-corrected chi connectivity index (χ0v) is 14.5. The van der Waals surface area contributed by atoms with E-state index >= 15 is 0 Å². The van der Waals surface area contributed by atoms with Crippen molar-refractivity contribution in [2.75, 3.05) is 13.1 Å². The van der Waals surface area contributed by atoms with E-state index in [9.17, 15) is 4.79 Å². The molecule has 0 aliphatic carbocycles. The normalized spacial score (nSPS) is 19.5. The molecule has 2 unspecified atom stereocenters. The molecule has 2 N–H and O–H groups in total. The number of aryl methyl sites for hydroxylation is 1. The molecule has 1 aliphatic heterocycles. The summed E-state index contributed by atoms with van der Waals surface area (Å²) in [6.45, 7) is 6.14. The van der Waals surface area contributed by atoms with E-state index in [0.717, 1.165) is 32.4 Å². The average molecular weight is 332 g/mol. The van der Waals surface area contributed by atoms with Gasteiger partial charge in [-0.2, -0.15) is 5.10 Å². The van der Waals surface area contributed by atoms with Gasteiger partial charge in [-0.25, -0.2) is 0 Å². The van der Waals surface area contributed by atoms with E-state index in [2.05, 4.69) is 34.8 Å². The standard InChI is InChI=1S/C17H24N4OS/c1-12(10-15-6-5-13(2)23-15)19-17(22)16-7-9-21(20-16)14-4-3-8-18-11-14/h5-7,9,12,14,18H,3-4,8,10-11H2,1-2H3,(H,19,22). The lowest BCUT2D eigenvalue weighted by Gasteiger charge is -2.22. The van der Waals surface area contributed by atoms with Crippen molar-refractivity contribution in [2.24, 2.45) is 0 Å². The number of amides is 1. The maximum atomic E-state index is 12.3. The molecule has 6 heteroatoms. The van der Waals surface area contributed by atoms with Crippen LogP contribution in [0.4, 0.5) is 0 Å². The van der Waals surface area contributed by atoms with Crippen molar-refractivity contribution in [2.45, 2.75) is 45.2 Å². The first-order valence-electron chi connectivity index (χ1n) is 8.24. The summed E-state index contributed by atoms with van der Waals surface area (Å²) in [4.78, 5) is 15.0. The zero-order chi connectivity index (χ0) is 16.2. The summed E-state index contributed by atoms with van der Waals surface area (Å²) in [5.74, 6) is -0.0895. The van der Waals surface area contributed by atoms with Gasteiger partial charge in [-0.3, -0.25) is 9.48 Å². The number of carbonyl (C=O) groups excluding carboxylic acids is 1. The fourth-order valence-corrected chi connectivity index (χ4v) is 3.99. The average Bonchev–Trinajstić information content (AvgIpc) is 3.17. The third-order valence-corrected chi connectivity index (χ3v) is 5.19. The minimum Gasteiger partial charge on any atom is -0.348 e. The van der Waals surface area contributed by atoms with Crippen molar-refractivity contribution >= 4 is 17.2 Å². The summed E-state index contributed by atoms with van der Waals surface area (Å²) in [7, 11) is 0. The Bertz CT molecular complexity index is 657. The van der Waals surface area contributed by atoms with Crippen LogP contribution in [0.15, 0.2) is 24.4 Å². The molecule has 2 aromatic rings. The third-order valence-electron chi connectivity index (χ3n) is 4.17. The van der Waals surface area contributed by atoms with Crippen LogP contribution in [0.1, 0.15) is 46.0 Å². The van der Waals surface area contributed by atoms with Gasteiger partial charge in [0.05, 0.1) is 6.04 Å². The second kappa shape index (κ2) is 7.27. The Morgan fingerprint density at radius 2 is 2.39 bits per heavy atom. The van der Waals surface area contributed by atoms with Crippen molar-refractivity contribution in [3.05, 3.63) is 39.8 Å². The Kier molecular flexibility index (Phi) is 5.13. The summed E-state index contributed by atoms with van der Waals surface area (Å²) in [5, 5.41) is 10.9. The van der Waals surface area contributed by atoms with Crippen LogP contribution in [0.2, 0.25) is 0 Å². The Labute approximate surface area is 141 Å². The molecule has 0 saturated carbocycles. The van der Waals surface area contributed by atoms with E-state index in [1.807, 2.05) is 23.9 Å². The molecule has 0 aromatic carbocycles. The fraction of sp³-hybridized carbons (Fsp3) is 0.529. The highest BCUT2D eigenvalue weighted by Crippen LogP contribution is 2.17. The lowest BCUT2D eigenvalue weighted by molar-refractivity contribution is 0.0934. The number of hydrogen-bond acceptors (Lipinski definition) is 4. The van der Waals surface area contributed by atoms with Gasteiger partial charge in [0.15, 0.2) is 0 Å². The second-order valence-corrected chi connectivity index (χ2v) is 7.64. The van der Waals surface area contributed by atoms with Gasteiger partial charge in [-0.1, -0.05) is 0 Å². The molecule has 0 radical (unpaired) electrons. The Hall–Kier alpha value is -1.66. The number of carbonyl (C=O) groups is 1. The maximum Gasteiger partial charge on any atom is 0.271 e. The summed E-state index contributed by atoms with van der Waals surface area (Å²) >= 11 is 1.78. The molecule has 2 aromatic heterocycles. The molecule has 5 nitrogen and oxygen atoms in total. The largest absolute Gasteiger partial charge is 0.348 e. The minimum atomic E-state index is -0.0895. The SMILES string of the molecule is Cc1ccc(CC(C)NC(=O)c2ccn(C3CCCNC3)n2)s1. The Morgan fingerprint density at radius 1 is 1.52 bits per heavy atom. The third kappa shape index (κ3) is 4.20. The van der Waals surface area contributed by atoms with Crippen LogP contribution in [0.5, 0.6) is 0 Å². The summed E-state index contributed by atoms with van der Waals surface area (Å²) in [5.41, 5.74) is 0.504. The molecule has 2 atom stereocenters. The van der Waals surface area contributed by atoms with Gasteiger partial charge in [0, 0.05) is 35.0 Å². The van der Waals surface area contributed by atoms with Crippen molar-refractivity contribution in [1.29, 1.82) is 0 Å². The highest BCUT2D eigenvalue weighted by molar-refractivity contribution is 7.11. The van der Waals surface area contributed by atoms with Gasteiger partial charge in [0.1, 0.15) is 5.69 Å². The first-order chi connectivity index (χ1) is 11.1. The van der Waals surface area contributed by atoms with Gasteiger partial charge in [-0.15, -0.1) is 11.3 Å². The molecule has 0 bridgehead atoms. The number of piperidine rings is 1. The molecule has 3 rings (SSSR count). The van der Waals surface area contributed by atoms with Gasteiger partial charge in [-0.05, 0) is 51.4 Å². The molecule has 1 saturated heterocycles. The number of hydrogen-bond donors (Lipinski definition) is 2. The number of aromatic nitrogens is 2. The number of nitrogens with zero attached hydrogens (tertiary/aromatic N) is 2. The first-order valence-corrected chi connectivity index (χ1v) is 9.05. The van der Waals surface area contributed by atoms with Crippen molar-refractivity contribution in [1.82, 2.24) is 20.4 Å². The molecule has 0 spiro atoms. The smallest absolute Gasteiger partial charge is 0.271 e. The predicted octanol–water partition coefficient (Wildman–Crippen LogP) is 2.54. The van der Waals surface area contributed by atoms with E-state index in [1.165, 1.54) is 9.75 Å². The topological polar surface area (TPSA) is 59.0 Å². The monoisotopic (exact) mass is 332 g/mol. The Morgan fingerprint density at radius 3 is 3.09 bits per heavy atom. The van der Waals surface area contributed by atoms with Crippen LogP contribution in [0.3, 0.4) is 0 Å². The van der Waals surface area contributed by atoms with Crippen LogP contribution in [0, 0.1) is 6.92 Å². The van der Waals surface area contributed by atoms with Gasteiger partial charge >= 0.3 is 0 Å². The van der Waals surface area contributed by atoms with Crippen molar-refractivity contribution in [3.63, 3.8) is 0 Å². The van der Waals surface area contributed by atoms with E-state index in [0.29, 0.717) is 11.7 Å². The number of nitrogens with one attached hydrogen (secondary N) is 2. The summed E-state index contributed by atoms with van der Waals surface area (Å²) in [6.07, 6.45) is 5.05. The van der Waals surface area contributed by atoms with Crippen molar-refractivity contribution in [3.8, 4) is 0 Å². The zero-order valence-electron chi connectivity index (χ0n) is 13.7. The summed E-state index contributed by atoms with van der Waals surface area (Å²) in [6, 6.07) is 6.52. The van der Waals surface area contributed by atoms with Crippen LogP contribution < -0.4 is 10.6 Å². The molecule has 1 fully saturated rings. The number of rotatable bonds is 5. The summed E-state index contributed by atoms with van der Waals surface area (Å²) < 4.78 is 1.92. The van der Waals surface area contributed by atoms with E-state index in [1.54, 1.807) is 11.3 Å². The van der Waals surface area contributed by atoms with E-state index in [4.69, 9.17) is 0 Å². The lowest BCUT2D eigenvalue weighted by atomic mass is 10.1. The number of thiophene rings is 1. The van der Waals surface area contributed by atoms with Crippen molar-refractivity contribution < 1.29 is 4.79 Å². The van der Waals surface area contributed by atoms with Crippen LogP contribution in [-0.2, 0) is 6.42 Å². The quantitative estimate of drug-likeness (QED) is 0.884. The van der Waals surface area contributed by atoms with E-state index in [-0.39, 0.29) is 11.9 Å². The first kappa shape index (κ1) is 16.2. The molecular formula is C17H24N4OS. The second-order valence-electron chi connectivity index (χ2n) is 6.27. The minimum absolute atomic E-state index is 0.0895. The fourth-order valence-electron chi connectivity index (χ4n) is 2.97. The van der Waals surface area contributed by atoms with Gasteiger partial charge in [0.2, 0.25) is 0 Å². The van der Waals surface area contributed by atoms with Crippen LogP contribution in [0.25, 0.3) is 0 Å². The highest BCUT2D eigenvalue weighted by Gasteiger charge is 2.18. The van der Waals surface area contributed by atoms with Crippen LogP contribution in [-0.4, -0.2) is 34.8 Å². The molecule has 1 amide bonds. The maximum absolute atomic E-state index is 12.3. The van der Waals surface area contributed by atoms with E-state index < -0.39 is 0 Å². The predicted molar refractivity (Wildman–Crippen MR) is 93.1 cm³/mol. The van der Waals surface area contributed by atoms with Crippen LogP contribution >= 0.6 is 11.3 Å². The molecular weight excluding hydrogens is 308 g/mol. The highest BCUT2D eigenvalue weighted by atomic mass is 32.1.